The molecule has 0 bridgehead atoms. The second-order valence-corrected chi connectivity index (χ2v) is 7.27. The average molecular weight is 436 g/mol. The number of ether oxygens (including phenoxy) is 2. The highest BCUT2D eigenvalue weighted by Gasteiger charge is 2.36. The van der Waals surface area contributed by atoms with E-state index in [0.717, 1.165) is 4.90 Å². The van der Waals surface area contributed by atoms with E-state index in [1.54, 1.807) is 30.3 Å². The molecule has 2 aromatic rings. The third-order valence-electron chi connectivity index (χ3n) is 4.03. The van der Waals surface area contributed by atoms with E-state index in [1.807, 2.05) is 0 Å². The summed E-state index contributed by atoms with van der Waals surface area (Å²) in [4.78, 5) is 36.8. The quantitative estimate of drug-likeness (QED) is 0.498. The monoisotopic (exact) mass is 435 g/mol. The number of amides is 2. The number of benzene rings is 2. The van der Waals surface area contributed by atoms with Gasteiger partial charge in [0.2, 0.25) is 0 Å². The number of para-hydroxylation sites is 1. The number of halogens is 2. The van der Waals surface area contributed by atoms with Gasteiger partial charge in [-0.25, -0.2) is 4.39 Å². The molecule has 1 aliphatic heterocycles. The van der Waals surface area contributed by atoms with Crippen LogP contribution in [0.5, 0.6) is 5.75 Å². The minimum absolute atomic E-state index is 0.111. The normalized spacial score (nSPS) is 15.1. The van der Waals surface area contributed by atoms with Gasteiger partial charge in [0.05, 0.1) is 17.0 Å². The molecule has 2 amide bonds. The average Bonchev–Trinajstić information content (AvgIpc) is 2.96. The van der Waals surface area contributed by atoms with Gasteiger partial charge in [-0.3, -0.25) is 19.3 Å². The van der Waals surface area contributed by atoms with Crippen LogP contribution in [0.2, 0.25) is 5.02 Å². The van der Waals surface area contributed by atoms with E-state index in [4.69, 9.17) is 16.3 Å². The number of carbonyl (C=O) groups is 3. The number of hydrogen-bond acceptors (Lipinski definition) is 6. The largest absolute Gasteiger partial charge is 0.488 e. The van der Waals surface area contributed by atoms with E-state index in [9.17, 15) is 18.8 Å². The first-order valence-corrected chi connectivity index (χ1v) is 9.57. The molecule has 3 rings (SSSR count). The highest BCUT2D eigenvalue weighted by atomic mass is 35.5. The summed E-state index contributed by atoms with van der Waals surface area (Å²) >= 11 is 6.73. The minimum Gasteiger partial charge on any atom is -0.488 e. The van der Waals surface area contributed by atoms with Crippen LogP contribution < -0.4 is 4.74 Å². The summed E-state index contributed by atoms with van der Waals surface area (Å²) in [5.41, 5.74) is 0.728. The van der Waals surface area contributed by atoms with Gasteiger partial charge < -0.3 is 9.47 Å². The van der Waals surface area contributed by atoms with Crippen molar-refractivity contribution in [3.8, 4) is 5.75 Å². The second kappa shape index (κ2) is 9.11. The summed E-state index contributed by atoms with van der Waals surface area (Å²) in [5, 5.41) is -0.324. The molecule has 1 saturated heterocycles. The smallest absolute Gasteiger partial charge is 0.325 e. The zero-order valence-corrected chi connectivity index (χ0v) is 16.8. The van der Waals surface area contributed by atoms with Crippen molar-refractivity contribution in [3.63, 3.8) is 0 Å². The first-order chi connectivity index (χ1) is 13.9. The van der Waals surface area contributed by atoms with Crippen molar-refractivity contribution in [2.45, 2.75) is 6.61 Å². The van der Waals surface area contributed by atoms with E-state index >= 15 is 0 Å². The van der Waals surface area contributed by atoms with Crippen molar-refractivity contribution >= 4 is 46.6 Å². The topological polar surface area (TPSA) is 72.9 Å². The van der Waals surface area contributed by atoms with E-state index in [2.05, 4.69) is 4.74 Å². The standard InChI is InChI=1S/C20H15ClFNO5S/c1-27-18(24)10-23-19(25)17(29-20(23)26)9-12-5-2-3-8-16(12)28-11-13-14(21)6-4-7-15(13)22/h2-9H,10-11H2,1H3. The Kier molecular flexibility index (Phi) is 6.56. The Morgan fingerprint density at radius 2 is 1.97 bits per heavy atom. The lowest BCUT2D eigenvalue weighted by atomic mass is 10.1. The Balaban J connectivity index is 1.81. The van der Waals surface area contributed by atoms with Crippen LogP contribution in [0.4, 0.5) is 9.18 Å². The van der Waals surface area contributed by atoms with Crippen LogP contribution in [0, 0.1) is 5.82 Å². The fourth-order valence-electron chi connectivity index (χ4n) is 2.52. The molecule has 1 fully saturated rings. The molecule has 0 N–H and O–H groups in total. The number of methoxy groups -OCH3 is 1. The van der Waals surface area contributed by atoms with E-state index in [0.29, 0.717) is 23.1 Å². The Morgan fingerprint density at radius 3 is 2.69 bits per heavy atom. The van der Waals surface area contributed by atoms with Gasteiger partial charge in [0, 0.05) is 11.1 Å². The molecule has 0 unspecified atom stereocenters. The molecule has 0 spiro atoms. The molecule has 0 radical (unpaired) electrons. The summed E-state index contributed by atoms with van der Waals surface area (Å²) in [6.07, 6.45) is 1.49. The molecule has 1 aliphatic rings. The lowest BCUT2D eigenvalue weighted by Gasteiger charge is -2.11. The van der Waals surface area contributed by atoms with Gasteiger partial charge in [0.1, 0.15) is 24.7 Å². The van der Waals surface area contributed by atoms with Crippen LogP contribution in [-0.2, 0) is 20.9 Å². The van der Waals surface area contributed by atoms with Crippen molar-refractivity contribution in [2.24, 2.45) is 0 Å². The lowest BCUT2D eigenvalue weighted by molar-refractivity contribution is -0.143. The molecule has 0 aliphatic carbocycles. The maximum atomic E-state index is 13.9. The number of hydrogen-bond donors (Lipinski definition) is 0. The molecule has 0 aromatic heterocycles. The van der Waals surface area contributed by atoms with Gasteiger partial charge in [-0.2, -0.15) is 0 Å². The maximum Gasteiger partial charge on any atom is 0.325 e. The summed E-state index contributed by atoms with van der Waals surface area (Å²) in [5.74, 6) is -1.40. The highest BCUT2D eigenvalue weighted by Crippen LogP contribution is 2.34. The van der Waals surface area contributed by atoms with E-state index in [1.165, 1.54) is 25.3 Å². The van der Waals surface area contributed by atoms with Gasteiger partial charge in [-0.1, -0.05) is 35.9 Å². The lowest BCUT2D eigenvalue weighted by Crippen LogP contribution is -2.34. The van der Waals surface area contributed by atoms with Gasteiger partial charge in [0.25, 0.3) is 11.1 Å². The second-order valence-electron chi connectivity index (χ2n) is 5.87. The van der Waals surface area contributed by atoms with Gasteiger partial charge in [0.15, 0.2) is 0 Å². The van der Waals surface area contributed by atoms with Crippen molar-refractivity contribution in [1.82, 2.24) is 4.90 Å². The molecule has 2 aromatic carbocycles. The molecular weight excluding hydrogens is 421 g/mol. The molecule has 0 saturated carbocycles. The molecule has 6 nitrogen and oxygen atoms in total. The van der Waals surface area contributed by atoms with Crippen molar-refractivity contribution in [1.29, 1.82) is 0 Å². The SMILES string of the molecule is COC(=O)CN1C(=O)SC(=Cc2ccccc2OCc2c(F)cccc2Cl)C1=O. The van der Waals surface area contributed by atoms with Crippen LogP contribution in [0.25, 0.3) is 6.08 Å². The van der Waals surface area contributed by atoms with Gasteiger partial charge in [-0.15, -0.1) is 0 Å². The fraction of sp³-hybridized carbons (Fsp3) is 0.150. The first-order valence-electron chi connectivity index (χ1n) is 8.37. The van der Waals surface area contributed by atoms with Gasteiger partial charge in [-0.05, 0) is 36.0 Å². The van der Waals surface area contributed by atoms with Crippen LogP contribution in [0.1, 0.15) is 11.1 Å². The summed E-state index contributed by atoms with van der Waals surface area (Å²) in [7, 11) is 1.17. The van der Waals surface area contributed by atoms with Gasteiger partial charge >= 0.3 is 5.97 Å². The van der Waals surface area contributed by atoms with E-state index < -0.39 is 29.5 Å². The Hall–Kier alpha value is -2.84. The number of imide groups is 1. The third kappa shape index (κ3) is 4.78. The van der Waals surface area contributed by atoms with Crippen LogP contribution in [-0.4, -0.2) is 35.7 Å². The Bertz CT molecular complexity index is 990. The summed E-state index contributed by atoms with van der Waals surface area (Å²) < 4.78 is 24.2. The molecule has 9 heteroatoms. The first kappa shape index (κ1) is 20.9. The van der Waals surface area contributed by atoms with Crippen molar-refractivity contribution in [2.75, 3.05) is 13.7 Å². The summed E-state index contributed by atoms with van der Waals surface area (Å²) in [6.45, 7) is -0.567. The zero-order valence-electron chi connectivity index (χ0n) is 15.2. The highest BCUT2D eigenvalue weighted by molar-refractivity contribution is 8.18. The number of esters is 1. The zero-order chi connectivity index (χ0) is 21.0. The van der Waals surface area contributed by atoms with Crippen LogP contribution in [0.3, 0.4) is 0 Å². The maximum absolute atomic E-state index is 13.9. The Labute approximate surface area is 175 Å². The van der Waals surface area contributed by atoms with E-state index in [-0.39, 0.29) is 22.1 Å². The van der Waals surface area contributed by atoms with Crippen molar-refractivity contribution in [3.05, 3.63) is 69.3 Å². The summed E-state index contributed by atoms with van der Waals surface area (Å²) in [6, 6.07) is 11.1. The molecular formula is C20H15ClFNO5S. The molecule has 1 heterocycles. The molecule has 29 heavy (non-hydrogen) atoms. The predicted octanol–water partition coefficient (Wildman–Crippen LogP) is 4.27. The number of carbonyl (C=O) groups excluding carboxylic acids is 3. The fourth-order valence-corrected chi connectivity index (χ4v) is 3.57. The van der Waals surface area contributed by atoms with Crippen molar-refractivity contribution < 1.29 is 28.2 Å². The number of thioether (sulfide) groups is 1. The number of rotatable bonds is 6. The predicted molar refractivity (Wildman–Crippen MR) is 107 cm³/mol. The minimum atomic E-state index is -0.695. The molecule has 150 valence electrons. The van der Waals surface area contributed by atoms with Crippen LogP contribution >= 0.6 is 23.4 Å². The third-order valence-corrected chi connectivity index (χ3v) is 5.29. The van der Waals surface area contributed by atoms with Crippen LogP contribution in [0.15, 0.2) is 47.4 Å². The number of nitrogens with zero attached hydrogens (tertiary/aromatic N) is 1. The molecule has 0 atom stereocenters. The Morgan fingerprint density at radius 1 is 1.21 bits per heavy atom.